The van der Waals surface area contributed by atoms with Gasteiger partial charge in [0.05, 0.1) is 0 Å². The zero-order chi connectivity index (χ0) is 12.1. The summed E-state index contributed by atoms with van der Waals surface area (Å²) in [5.41, 5.74) is 0. The lowest BCUT2D eigenvalue weighted by atomic mass is 10.2. The minimum Gasteiger partial charge on any atom is -0.486 e. The normalized spacial score (nSPS) is 17.6. The van der Waals surface area contributed by atoms with Crippen LogP contribution in [0.25, 0.3) is 0 Å². The van der Waals surface area contributed by atoms with Gasteiger partial charge in [-0.05, 0) is 18.6 Å². The van der Waals surface area contributed by atoms with E-state index in [0.29, 0.717) is 18.8 Å². The number of ether oxygens (including phenoxy) is 3. The smallest absolute Gasteiger partial charge is 0.305 e. The lowest BCUT2D eigenvalue weighted by Crippen LogP contribution is -2.34. The van der Waals surface area contributed by atoms with Gasteiger partial charge in [0.2, 0.25) is 0 Å². The predicted octanol–water partition coefficient (Wildman–Crippen LogP) is 2.17. The molecule has 4 nitrogen and oxygen atoms in total. The zero-order valence-electron chi connectivity index (χ0n) is 9.85. The van der Waals surface area contributed by atoms with Crippen LogP contribution in [0.4, 0.5) is 0 Å². The molecule has 0 spiro atoms. The second-order valence-electron chi connectivity index (χ2n) is 3.93. The maximum absolute atomic E-state index is 11.2. The van der Waals surface area contributed by atoms with Crippen molar-refractivity contribution in [2.24, 2.45) is 0 Å². The van der Waals surface area contributed by atoms with Crippen LogP contribution in [0, 0.1) is 0 Å². The molecule has 2 rings (SSSR count). The number of esters is 1. The van der Waals surface area contributed by atoms with Crippen LogP contribution < -0.4 is 9.47 Å². The summed E-state index contributed by atoms with van der Waals surface area (Å²) in [6.45, 7) is 2.60. The third-order valence-corrected chi connectivity index (χ3v) is 2.45. The number of carbonyl (C=O) groups excluding carboxylic acids is 1. The summed E-state index contributed by atoms with van der Waals surface area (Å²) in [5, 5.41) is 0. The molecule has 0 fully saturated rings. The molecule has 1 aliphatic rings. The van der Waals surface area contributed by atoms with Gasteiger partial charge in [0.25, 0.3) is 0 Å². The number of hydrogen-bond acceptors (Lipinski definition) is 4. The van der Waals surface area contributed by atoms with E-state index in [-0.39, 0.29) is 18.7 Å². The molecule has 1 aliphatic heterocycles. The second kappa shape index (κ2) is 5.57. The molecule has 0 N–H and O–H groups in total. The van der Waals surface area contributed by atoms with Crippen molar-refractivity contribution in [1.29, 1.82) is 0 Å². The Bertz CT molecular complexity index is 389. The third-order valence-electron chi connectivity index (χ3n) is 2.45. The molecule has 1 heterocycles. The van der Waals surface area contributed by atoms with Gasteiger partial charge in [-0.25, -0.2) is 0 Å². The van der Waals surface area contributed by atoms with Crippen LogP contribution >= 0.6 is 0 Å². The van der Waals surface area contributed by atoms with Crippen LogP contribution in [-0.4, -0.2) is 25.3 Å². The van der Waals surface area contributed by atoms with Gasteiger partial charge in [0, 0.05) is 6.42 Å². The molecule has 0 aliphatic carbocycles. The maximum Gasteiger partial charge on any atom is 0.305 e. The van der Waals surface area contributed by atoms with Crippen LogP contribution in [0.2, 0.25) is 0 Å². The Labute approximate surface area is 100 Å². The molecule has 0 aromatic heterocycles. The summed E-state index contributed by atoms with van der Waals surface area (Å²) in [6, 6.07) is 7.47. The molecule has 0 amide bonds. The van der Waals surface area contributed by atoms with E-state index >= 15 is 0 Å². The van der Waals surface area contributed by atoms with Gasteiger partial charge in [-0.1, -0.05) is 19.1 Å². The summed E-state index contributed by atoms with van der Waals surface area (Å²) in [5.74, 6) is 1.26. The first-order valence-corrected chi connectivity index (χ1v) is 5.83. The number of rotatable bonds is 4. The molecule has 1 aromatic rings. The fourth-order valence-electron chi connectivity index (χ4n) is 1.61. The first-order chi connectivity index (χ1) is 8.29. The SMILES string of the molecule is CCCC(=O)OC[C@H]1COc2ccccc2O1. The Kier molecular flexibility index (Phi) is 3.85. The first-order valence-electron chi connectivity index (χ1n) is 5.83. The van der Waals surface area contributed by atoms with Crippen molar-refractivity contribution in [1.82, 2.24) is 0 Å². The van der Waals surface area contributed by atoms with Crippen molar-refractivity contribution in [3.63, 3.8) is 0 Å². The minimum atomic E-state index is -0.217. The highest BCUT2D eigenvalue weighted by atomic mass is 16.6. The molecular formula is C13H16O4. The molecule has 0 unspecified atom stereocenters. The average molecular weight is 236 g/mol. The quantitative estimate of drug-likeness (QED) is 0.751. The molecule has 0 saturated heterocycles. The van der Waals surface area contributed by atoms with E-state index in [1.54, 1.807) is 0 Å². The molecule has 1 atom stereocenters. The van der Waals surface area contributed by atoms with Gasteiger partial charge in [-0.15, -0.1) is 0 Å². The summed E-state index contributed by atoms with van der Waals surface area (Å²) in [6.07, 6.45) is 1.03. The van der Waals surface area contributed by atoms with E-state index < -0.39 is 0 Å². The van der Waals surface area contributed by atoms with Crippen molar-refractivity contribution in [3.05, 3.63) is 24.3 Å². The number of para-hydroxylation sites is 2. The lowest BCUT2D eigenvalue weighted by molar-refractivity contribution is -0.146. The van der Waals surface area contributed by atoms with E-state index in [1.165, 1.54) is 0 Å². The molecule has 1 aromatic carbocycles. The van der Waals surface area contributed by atoms with E-state index in [1.807, 2.05) is 31.2 Å². The Morgan fingerprint density at radius 1 is 1.41 bits per heavy atom. The molecule has 0 bridgehead atoms. The largest absolute Gasteiger partial charge is 0.486 e. The summed E-state index contributed by atoms with van der Waals surface area (Å²) >= 11 is 0. The molecule has 4 heteroatoms. The van der Waals surface area contributed by atoms with Crippen molar-refractivity contribution < 1.29 is 19.0 Å². The van der Waals surface area contributed by atoms with Crippen LogP contribution in [0.3, 0.4) is 0 Å². The number of hydrogen-bond donors (Lipinski definition) is 0. The predicted molar refractivity (Wildman–Crippen MR) is 62.2 cm³/mol. The highest BCUT2D eigenvalue weighted by molar-refractivity contribution is 5.69. The average Bonchev–Trinajstić information content (AvgIpc) is 2.36. The minimum absolute atomic E-state index is 0.185. The standard InChI is InChI=1S/C13H16O4/c1-2-5-13(14)16-9-10-8-15-11-6-3-4-7-12(11)17-10/h3-4,6-7,10H,2,5,8-9H2,1H3/t10-/m1/s1. The fourth-order valence-corrected chi connectivity index (χ4v) is 1.61. The Morgan fingerprint density at radius 3 is 2.94 bits per heavy atom. The fraction of sp³-hybridized carbons (Fsp3) is 0.462. The van der Waals surface area contributed by atoms with Gasteiger partial charge in [0.15, 0.2) is 17.6 Å². The number of fused-ring (bicyclic) bond motifs is 1. The van der Waals surface area contributed by atoms with E-state index in [0.717, 1.165) is 12.2 Å². The van der Waals surface area contributed by atoms with Gasteiger partial charge >= 0.3 is 5.97 Å². The lowest BCUT2D eigenvalue weighted by Gasteiger charge is -2.25. The Morgan fingerprint density at radius 2 is 2.18 bits per heavy atom. The third kappa shape index (κ3) is 3.12. The van der Waals surface area contributed by atoms with Gasteiger partial charge in [-0.3, -0.25) is 4.79 Å². The topological polar surface area (TPSA) is 44.8 Å². The molecule has 17 heavy (non-hydrogen) atoms. The van der Waals surface area contributed by atoms with Crippen LogP contribution in [0.5, 0.6) is 11.5 Å². The van der Waals surface area contributed by atoms with Crippen molar-refractivity contribution >= 4 is 5.97 Å². The number of carbonyl (C=O) groups is 1. The van der Waals surface area contributed by atoms with Crippen molar-refractivity contribution in [3.8, 4) is 11.5 Å². The molecule has 0 radical (unpaired) electrons. The van der Waals surface area contributed by atoms with E-state index in [2.05, 4.69) is 0 Å². The molecular weight excluding hydrogens is 220 g/mol. The number of benzene rings is 1. The highest BCUT2D eigenvalue weighted by Crippen LogP contribution is 2.30. The van der Waals surface area contributed by atoms with Gasteiger partial charge in [0.1, 0.15) is 13.2 Å². The van der Waals surface area contributed by atoms with Crippen molar-refractivity contribution in [2.45, 2.75) is 25.9 Å². The summed E-state index contributed by atoms with van der Waals surface area (Å²) in [7, 11) is 0. The van der Waals surface area contributed by atoms with E-state index in [4.69, 9.17) is 14.2 Å². The van der Waals surface area contributed by atoms with Crippen LogP contribution in [0.15, 0.2) is 24.3 Å². The van der Waals surface area contributed by atoms with Crippen LogP contribution in [0.1, 0.15) is 19.8 Å². The summed E-state index contributed by atoms with van der Waals surface area (Å²) < 4.78 is 16.3. The Hall–Kier alpha value is -1.71. The van der Waals surface area contributed by atoms with Crippen LogP contribution in [-0.2, 0) is 9.53 Å². The second-order valence-corrected chi connectivity index (χ2v) is 3.93. The monoisotopic (exact) mass is 236 g/mol. The zero-order valence-corrected chi connectivity index (χ0v) is 9.85. The van der Waals surface area contributed by atoms with Crippen molar-refractivity contribution in [2.75, 3.05) is 13.2 Å². The Balaban J connectivity index is 1.84. The van der Waals surface area contributed by atoms with E-state index in [9.17, 15) is 4.79 Å². The molecule has 92 valence electrons. The summed E-state index contributed by atoms with van der Waals surface area (Å²) in [4.78, 5) is 11.2. The highest BCUT2D eigenvalue weighted by Gasteiger charge is 2.21. The van der Waals surface area contributed by atoms with Gasteiger partial charge in [-0.2, -0.15) is 0 Å². The van der Waals surface area contributed by atoms with Gasteiger partial charge < -0.3 is 14.2 Å². The first kappa shape index (κ1) is 11.8. The molecule has 0 saturated carbocycles. The maximum atomic E-state index is 11.2.